The van der Waals surface area contributed by atoms with Gasteiger partial charge >= 0.3 is 0 Å². The van der Waals surface area contributed by atoms with Crippen LogP contribution in [0.4, 0.5) is 0 Å². The van der Waals surface area contributed by atoms with E-state index in [1.165, 1.54) is 0 Å². The first-order valence-corrected chi connectivity index (χ1v) is 5.68. The third-order valence-electron chi connectivity index (χ3n) is 2.38. The van der Waals surface area contributed by atoms with Gasteiger partial charge in [0.1, 0.15) is 6.10 Å². The van der Waals surface area contributed by atoms with Gasteiger partial charge in [-0.25, -0.2) is 0 Å². The SMILES string of the molecule is CC(C)=C(C)[C@H](O)c1ccc(Cl)cc1.[CH2-]C.[Zn]. The van der Waals surface area contributed by atoms with E-state index in [-0.39, 0.29) is 19.5 Å². The molecule has 0 heterocycles. The molecule has 1 aromatic carbocycles. The average molecular weight is 305 g/mol. The van der Waals surface area contributed by atoms with Crippen LogP contribution in [-0.4, -0.2) is 5.11 Å². The summed E-state index contributed by atoms with van der Waals surface area (Å²) in [6.07, 6.45) is -0.516. The summed E-state index contributed by atoms with van der Waals surface area (Å²) in [5, 5.41) is 10.6. The number of aliphatic hydroxyl groups is 1. The van der Waals surface area contributed by atoms with E-state index >= 15 is 0 Å². The molecule has 1 nitrogen and oxygen atoms in total. The molecule has 0 bridgehead atoms. The summed E-state index contributed by atoms with van der Waals surface area (Å²) >= 11 is 5.76. The van der Waals surface area contributed by atoms with Gasteiger partial charge in [-0.05, 0) is 44.0 Å². The van der Waals surface area contributed by atoms with Gasteiger partial charge in [0.25, 0.3) is 0 Å². The van der Waals surface area contributed by atoms with Gasteiger partial charge in [0.2, 0.25) is 0 Å². The second-order valence-corrected chi connectivity index (χ2v) is 4.07. The maximum atomic E-state index is 9.95. The van der Waals surface area contributed by atoms with Crippen LogP contribution in [0.15, 0.2) is 35.4 Å². The summed E-state index contributed by atoms with van der Waals surface area (Å²) in [5.74, 6) is 0. The molecule has 0 radical (unpaired) electrons. The van der Waals surface area contributed by atoms with Crippen LogP contribution in [0, 0.1) is 6.92 Å². The fraction of sp³-hybridized carbons (Fsp3) is 0.357. The van der Waals surface area contributed by atoms with Crippen molar-refractivity contribution in [3.8, 4) is 0 Å². The van der Waals surface area contributed by atoms with Crippen LogP contribution < -0.4 is 0 Å². The molecule has 92 valence electrons. The van der Waals surface area contributed by atoms with Crippen molar-refractivity contribution >= 4 is 11.6 Å². The predicted octanol–water partition coefficient (Wildman–Crippen LogP) is 4.57. The van der Waals surface area contributed by atoms with Crippen molar-refractivity contribution in [2.75, 3.05) is 0 Å². The third-order valence-corrected chi connectivity index (χ3v) is 2.64. The molecule has 1 N–H and O–H groups in total. The second kappa shape index (κ2) is 9.82. The van der Waals surface area contributed by atoms with Gasteiger partial charge in [0.05, 0.1) is 0 Å². The Kier molecular flexibility index (Phi) is 11.1. The fourth-order valence-corrected chi connectivity index (χ4v) is 1.29. The van der Waals surface area contributed by atoms with Crippen LogP contribution in [0.25, 0.3) is 0 Å². The third kappa shape index (κ3) is 6.36. The van der Waals surface area contributed by atoms with Crippen LogP contribution in [0.2, 0.25) is 5.02 Å². The number of hydrogen-bond acceptors (Lipinski definition) is 1. The maximum Gasteiger partial charge on any atom is 0.100 e. The van der Waals surface area contributed by atoms with Crippen molar-refractivity contribution in [3.05, 3.63) is 52.9 Å². The first kappa shape index (κ1) is 19.2. The molecule has 0 aliphatic rings. The first-order valence-electron chi connectivity index (χ1n) is 5.30. The summed E-state index contributed by atoms with van der Waals surface area (Å²) in [4.78, 5) is 0. The number of aliphatic hydroxyl groups excluding tert-OH is 1. The number of hydrogen-bond donors (Lipinski definition) is 1. The minimum atomic E-state index is -0.516. The Hall–Kier alpha value is -0.167. The molecule has 0 aliphatic carbocycles. The van der Waals surface area contributed by atoms with E-state index in [0.29, 0.717) is 5.02 Å². The first-order chi connectivity index (χ1) is 7.52. The molecule has 0 saturated carbocycles. The maximum absolute atomic E-state index is 9.95. The summed E-state index contributed by atoms with van der Waals surface area (Å²) in [5.41, 5.74) is 3.02. The van der Waals surface area contributed by atoms with Crippen molar-refractivity contribution in [1.82, 2.24) is 0 Å². The molecule has 1 aromatic rings. The van der Waals surface area contributed by atoms with Gasteiger partial charge in [-0.3, -0.25) is 0 Å². The molecule has 0 spiro atoms. The van der Waals surface area contributed by atoms with Gasteiger partial charge in [-0.1, -0.05) is 29.3 Å². The molecule has 0 unspecified atom stereocenters. The van der Waals surface area contributed by atoms with Crippen LogP contribution in [0.5, 0.6) is 0 Å². The average Bonchev–Trinajstić information content (AvgIpc) is 2.30. The summed E-state index contributed by atoms with van der Waals surface area (Å²) in [6.45, 7) is 10.9. The Morgan fingerprint density at radius 2 is 1.53 bits per heavy atom. The molecular weight excluding hydrogens is 285 g/mol. The van der Waals surface area contributed by atoms with Crippen LogP contribution in [-0.2, 0) is 19.5 Å². The van der Waals surface area contributed by atoms with E-state index in [4.69, 9.17) is 11.6 Å². The number of halogens is 1. The quantitative estimate of drug-likeness (QED) is 0.482. The zero-order valence-corrected chi connectivity index (χ0v) is 14.8. The monoisotopic (exact) mass is 303 g/mol. The van der Waals surface area contributed by atoms with E-state index in [1.54, 1.807) is 19.1 Å². The van der Waals surface area contributed by atoms with Crippen LogP contribution >= 0.6 is 11.6 Å². The molecule has 0 amide bonds. The minimum Gasteiger partial charge on any atom is -0.384 e. The standard InChI is InChI=1S/C12H15ClO.C2H5.Zn/c1-8(2)9(3)12(14)10-4-6-11(13)7-5-10;1-2;/h4-7,12,14H,1-3H3;1H2,2H3;/q;-1;/t12-;;/m0../s1. The zero-order valence-electron chi connectivity index (χ0n) is 11.1. The number of benzene rings is 1. The van der Waals surface area contributed by atoms with Crippen molar-refractivity contribution in [2.45, 2.75) is 33.8 Å². The summed E-state index contributed by atoms with van der Waals surface area (Å²) < 4.78 is 0. The Morgan fingerprint density at radius 1 is 1.12 bits per heavy atom. The molecule has 1 rings (SSSR count). The molecule has 17 heavy (non-hydrogen) atoms. The molecule has 0 aromatic heterocycles. The largest absolute Gasteiger partial charge is 0.384 e. The van der Waals surface area contributed by atoms with Gasteiger partial charge in [-0.2, -0.15) is 6.92 Å². The Balaban J connectivity index is 0. The summed E-state index contributed by atoms with van der Waals surface area (Å²) in [7, 11) is 0. The van der Waals surface area contributed by atoms with Crippen molar-refractivity contribution < 1.29 is 24.6 Å². The van der Waals surface area contributed by atoms with E-state index in [9.17, 15) is 5.11 Å². The topological polar surface area (TPSA) is 20.2 Å². The molecule has 0 saturated heterocycles. The fourth-order valence-electron chi connectivity index (χ4n) is 1.17. The van der Waals surface area contributed by atoms with E-state index < -0.39 is 6.10 Å². The van der Waals surface area contributed by atoms with Gasteiger partial charge in [0, 0.05) is 24.5 Å². The number of rotatable bonds is 2. The van der Waals surface area contributed by atoms with Crippen molar-refractivity contribution in [1.29, 1.82) is 0 Å². The Labute approximate surface area is 123 Å². The van der Waals surface area contributed by atoms with Gasteiger partial charge < -0.3 is 12.0 Å². The molecule has 3 heteroatoms. The molecule has 1 atom stereocenters. The van der Waals surface area contributed by atoms with Gasteiger partial charge in [-0.15, -0.1) is 0 Å². The molecule has 0 aliphatic heterocycles. The minimum absolute atomic E-state index is 0. The molecular formula is C14H20ClOZn-. The predicted molar refractivity (Wildman–Crippen MR) is 71.5 cm³/mol. The van der Waals surface area contributed by atoms with E-state index in [2.05, 4.69) is 6.92 Å². The van der Waals surface area contributed by atoms with Crippen LogP contribution in [0.1, 0.15) is 39.4 Å². The Bertz CT molecular complexity index is 340. The van der Waals surface area contributed by atoms with Crippen molar-refractivity contribution in [3.63, 3.8) is 0 Å². The second-order valence-electron chi connectivity index (χ2n) is 3.64. The number of allylic oxidation sites excluding steroid dienone is 1. The van der Waals surface area contributed by atoms with Crippen molar-refractivity contribution in [2.24, 2.45) is 0 Å². The smallest absolute Gasteiger partial charge is 0.100 e. The van der Waals surface area contributed by atoms with E-state index in [0.717, 1.165) is 16.7 Å². The Morgan fingerprint density at radius 3 is 1.88 bits per heavy atom. The van der Waals surface area contributed by atoms with Crippen LogP contribution in [0.3, 0.4) is 0 Å². The molecule has 0 fully saturated rings. The van der Waals surface area contributed by atoms with Gasteiger partial charge in [0.15, 0.2) is 0 Å². The zero-order chi connectivity index (χ0) is 12.7. The summed E-state index contributed by atoms with van der Waals surface area (Å²) in [6, 6.07) is 7.27. The van der Waals surface area contributed by atoms with E-state index in [1.807, 2.05) is 32.9 Å². The normalized spacial score (nSPS) is 10.5.